The van der Waals surface area contributed by atoms with Crippen LogP contribution in [0.3, 0.4) is 0 Å². The molecule has 2 aliphatic rings. The Morgan fingerprint density at radius 2 is 1.53 bits per heavy atom. The van der Waals surface area contributed by atoms with E-state index < -0.39 is 35.9 Å². The van der Waals surface area contributed by atoms with Gasteiger partial charge in [-0.15, -0.1) is 0 Å². The van der Waals surface area contributed by atoms with Crippen LogP contribution in [0.1, 0.15) is 66.9 Å². The molecule has 0 aliphatic carbocycles. The molecular formula is C27H31F6NO2. The average molecular weight is 516 g/mol. The fraction of sp³-hybridized carbons (Fsp3) is 0.556. The summed E-state index contributed by atoms with van der Waals surface area (Å²) in [5, 5.41) is 0. The number of likely N-dealkylation sites (tertiary alicyclic amines) is 1. The van der Waals surface area contributed by atoms with E-state index in [1.807, 2.05) is 30.3 Å². The maximum atomic E-state index is 13.4. The van der Waals surface area contributed by atoms with Gasteiger partial charge in [0.05, 0.1) is 23.8 Å². The molecule has 2 heterocycles. The number of piperidine rings is 1. The fourth-order valence-electron chi connectivity index (χ4n) is 5.24. The molecule has 198 valence electrons. The van der Waals surface area contributed by atoms with Crippen LogP contribution in [-0.4, -0.2) is 37.4 Å². The molecule has 0 spiro atoms. The van der Waals surface area contributed by atoms with Crippen molar-refractivity contribution in [1.82, 2.24) is 4.90 Å². The van der Waals surface area contributed by atoms with Crippen LogP contribution in [0.4, 0.5) is 26.3 Å². The largest absolute Gasteiger partial charge is 0.416 e. The molecule has 0 unspecified atom stereocenters. The molecule has 36 heavy (non-hydrogen) atoms. The second-order valence-corrected chi connectivity index (χ2v) is 9.70. The van der Waals surface area contributed by atoms with E-state index in [-0.39, 0.29) is 23.5 Å². The topological polar surface area (TPSA) is 21.7 Å². The normalized spacial score (nSPS) is 25.0. The first-order chi connectivity index (χ1) is 17.0. The third-order valence-corrected chi connectivity index (χ3v) is 7.12. The first-order valence-corrected chi connectivity index (χ1v) is 12.4. The lowest BCUT2D eigenvalue weighted by molar-refractivity contribution is -0.210. The van der Waals surface area contributed by atoms with E-state index in [2.05, 4.69) is 4.90 Å². The Balaban J connectivity index is 1.61. The van der Waals surface area contributed by atoms with Crippen LogP contribution >= 0.6 is 0 Å². The molecule has 2 aromatic rings. The molecule has 0 aromatic heterocycles. The van der Waals surface area contributed by atoms with Gasteiger partial charge in [-0.05, 0) is 74.5 Å². The number of halogens is 6. The third-order valence-electron chi connectivity index (χ3n) is 7.12. The van der Waals surface area contributed by atoms with E-state index in [0.29, 0.717) is 6.61 Å². The maximum Gasteiger partial charge on any atom is 0.416 e. The minimum absolute atomic E-state index is 0.134. The monoisotopic (exact) mass is 515 g/mol. The van der Waals surface area contributed by atoms with Gasteiger partial charge in [0.15, 0.2) is 6.29 Å². The van der Waals surface area contributed by atoms with Crippen LogP contribution in [0, 0.1) is 5.92 Å². The Kier molecular flexibility index (Phi) is 8.32. The molecule has 2 fully saturated rings. The molecule has 0 amide bonds. The summed E-state index contributed by atoms with van der Waals surface area (Å²) in [6.45, 7) is 4.76. The van der Waals surface area contributed by atoms with Gasteiger partial charge in [0, 0.05) is 12.5 Å². The summed E-state index contributed by atoms with van der Waals surface area (Å²) in [6, 6.07) is 11.2. The number of ether oxygens (including phenoxy) is 2. The molecule has 4 atom stereocenters. The number of benzene rings is 2. The van der Waals surface area contributed by atoms with Gasteiger partial charge < -0.3 is 14.4 Å². The highest BCUT2D eigenvalue weighted by atomic mass is 19.4. The first-order valence-electron chi connectivity index (χ1n) is 12.4. The second-order valence-electron chi connectivity index (χ2n) is 9.70. The average Bonchev–Trinajstić information content (AvgIpc) is 2.84. The highest BCUT2D eigenvalue weighted by Gasteiger charge is 2.40. The van der Waals surface area contributed by atoms with Crippen molar-refractivity contribution in [3.63, 3.8) is 0 Å². The number of rotatable bonds is 6. The van der Waals surface area contributed by atoms with Gasteiger partial charge in [0.2, 0.25) is 0 Å². The Labute approximate surface area is 207 Å². The lowest BCUT2D eigenvalue weighted by atomic mass is 9.81. The molecule has 2 aromatic carbocycles. The van der Waals surface area contributed by atoms with Gasteiger partial charge in [0.1, 0.15) is 0 Å². The third kappa shape index (κ3) is 6.61. The minimum atomic E-state index is -4.91. The van der Waals surface area contributed by atoms with Crippen LogP contribution in [0.2, 0.25) is 0 Å². The molecule has 9 heteroatoms. The predicted molar refractivity (Wildman–Crippen MR) is 123 cm³/mol. The summed E-state index contributed by atoms with van der Waals surface area (Å²) >= 11 is 0. The smallest absolute Gasteiger partial charge is 0.352 e. The second kappa shape index (κ2) is 11.1. The molecule has 0 radical (unpaired) electrons. The van der Waals surface area contributed by atoms with Crippen LogP contribution in [0.15, 0.2) is 48.5 Å². The van der Waals surface area contributed by atoms with Crippen molar-refractivity contribution in [2.24, 2.45) is 5.92 Å². The Hall–Kier alpha value is -2.10. The summed E-state index contributed by atoms with van der Waals surface area (Å²) in [4.78, 5) is 2.43. The van der Waals surface area contributed by atoms with Crippen molar-refractivity contribution in [2.75, 3.05) is 26.2 Å². The number of alkyl halides is 6. The van der Waals surface area contributed by atoms with Crippen LogP contribution in [-0.2, 0) is 21.8 Å². The van der Waals surface area contributed by atoms with Crippen LogP contribution < -0.4 is 0 Å². The van der Waals surface area contributed by atoms with Gasteiger partial charge >= 0.3 is 12.4 Å². The fourth-order valence-corrected chi connectivity index (χ4v) is 5.24. The summed E-state index contributed by atoms with van der Waals surface area (Å²) in [6.07, 6.45) is -7.36. The van der Waals surface area contributed by atoms with E-state index >= 15 is 0 Å². The van der Waals surface area contributed by atoms with Crippen molar-refractivity contribution >= 4 is 0 Å². The Morgan fingerprint density at radius 1 is 0.917 bits per heavy atom. The zero-order valence-electron chi connectivity index (χ0n) is 20.1. The van der Waals surface area contributed by atoms with Crippen molar-refractivity contribution in [2.45, 2.75) is 63.3 Å². The maximum absolute atomic E-state index is 13.4. The SMILES string of the molecule is C[C@@H](O[C@H]1OCC[C@H](CN2CCCCC2)[C@H]1c1ccccc1)c1cc(C(F)(F)F)cc(C(F)(F)F)c1. The molecule has 0 N–H and O–H groups in total. The Bertz CT molecular complexity index is 956. The number of hydrogen-bond donors (Lipinski definition) is 0. The predicted octanol–water partition coefficient (Wildman–Crippen LogP) is 7.43. The van der Waals surface area contributed by atoms with Gasteiger partial charge in [-0.3, -0.25) is 0 Å². The molecular weight excluding hydrogens is 484 g/mol. The van der Waals surface area contributed by atoms with Gasteiger partial charge in [0.25, 0.3) is 0 Å². The van der Waals surface area contributed by atoms with E-state index in [1.54, 1.807) is 0 Å². The molecule has 0 bridgehead atoms. The zero-order valence-corrected chi connectivity index (χ0v) is 20.1. The van der Waals surface area contributed by atoms with Crippen molar-refractivity contribution < 1.29 is 35.8 Å². The van der Waals surface area contributed by atoms with E-state index in [0.717, 1.165) is 56.6 Å². The lowest BCUT2D eigenvalue weighted by Gasteiger charge is -2.42. The van der Waals surface area contributed by atoms with E-state index in [1.165, 1.54) is 13.3 Å². The van der Waals surface area contributed by atoms with Gasteiger partial charge in [-0.2, -0.15) is 26.3 Å². The summed E-state index contributed by atoms with van der Waals surface area (Å²) in [7, 11) is 0. The summed E-state index contributed by atoms with van der Waals surface area (Å²) in [5.74, 6) is -0.0130. The number of nitrogens with zero attached hydrogens (tertiary/aromatic N) is 1. The van der Waals surface area contributed by atoms with Gasteiger partial charge in [-0.1, -0.05) is 36.8 Å². The van der Waals surface area contributed by atoms with E-state index in [9.17, 15) is 26.3 Å². The van der Waals surface area contributed by atoms with Crippen LogP contribution in [0.5, 0.6) is 0 Å². The highest BCUT2D eigenvalue weighted by molar-refractivity contribution is 5.34. The number of hydrogen-bond acceptors (Lipinski definition) is 3. The molecule has 3 nitrogen and oxygen atoms in total. The zero-order chi connectivity index (χ0) is 25.9. The standard InChI is InChI=1S/C27H31F6NO2/c1-18(21-14-22(26(28,29)30)16-23(15-21)27(31,32)33)36-25-24(19-8-4-2-5-9-19)20(10-13-35-25)17-34-11-6-3-7-12-34/h2,4-5,8-9,14-16,18,20,24-25H,3,6-7,10-13,17H2,1H3/t18-,20-,24-,25-/m1/s1. The van der Waals surface area contributed by atoms with Crippen molar-refractivity contribution in [1.29, 1.82) is 0 Å². The van der Waals surface area contributed by atoms with Crippen molar-refractivity contribution in [3.05, 3.63) is 70.8 Å². The molecule has 2 saturated heterocycles. The summed E-state index contributed by atoms with van der Waals surface area (Å²) < 4.78 is 92.4. The van der Waals surface area contributed by atoms with Gasteiger partial charge in [-0.25, -0.2) is 0 Å². The lowest BCUT2D eigenvalue weighted by Crippen LogP contribution is -2.43. The first kappa shape index (κ1) is 26.9. The molecule has 2 aliphatic heterocycles. The molecule has 0 saturated carbocycles. The Morgan fingerprint density at radius 3 is 2.11 bits per heavy atom. The highest BCUT2D eigenvalue weighted by Crippen LogP contribution is 2.41. The van der Waals surface area contributed by atoms with E-state index in [4.69, 9.17) is 9.47 Å². The minimum Gasteiger partial charge on any atom is -0.352 e. The quantitative estimate of drug-likeness (QED) is 0.374. The van der Waals surface area contributed by atoms with Crippen LogP contribution in [0.25, 0.3) is 0 Å². The van der Waals surface area contributed by atoms with Crippen molar-refractivity contribution in [3.8, 4) is 0 Å². The summed E-state index contributed by atoms with van der Waals surface area (Å²) in [5.41, 5.74) is -1.91. The molecule has 4 rings (SSSR count).